The molecule has 0 saturated carbocycles. The standard InChI is InChI=1S/C22H23F3N2O3/c1-21(2)16-12-14(22(23,24)25)4-5-15(16)19-17(28)10-13(11-18(19)30-21)20(29)27-8-6-26(3)7-9-27/h4-5,10-12,28H,6-9H2,1-3H3. The summed E-state index contributed by atoms with van der Waals surface area (Å²) in [4.78, 5) is 16.8. The predicted molar refractivity (Wildman–Crippen MR) is 106 cm³/mol. The van der Waals surface area contributed by atoms with Crippen molar-refractivity contribution in [2.45, 2.75) is 25.6 Å². The van der Waals surface area contributed by atoms with Gasteiger partial charge in [-0.15, -0.1) is 0 Å². The lowest BCUT2D eigenvalue weighted by atomic mass is 9.84. The Balaban J connectivity index is 1.76. The maximum Gasteiger partial charge on any atom is 0.416 e. The topological polar surface area (TPSA) is 53.0 Å². The van der Waals surface area contributed by atoms with Crippen LogP contribution in [0.5, 0.6) is 11.5 Å². The van der Waals surface area contributed by atoms with Gasteiger partial charge in [0.05, 0.1) is 11.1 Å². The third-order valence-electron chi connectivity index (χ3n) is 5.75. The first-order chi connectivity index (χ1) is 14.0. The van der Waals surface area contributed by atoms with Gasteiger partial charge >= 0.3 is 6.18 Å². The molecule has 1 amide bonds. The first-order valence-corrected chi connectivity index (χ1v) is 9.73. The van der Waals surface area contributed by atoms with Crippen LogP contribution in [0.4, 0.5) is 13.2 Å². The molecule has 1 saturated heterocycles. The zero-order chi connectivity index (χ0) is 21.8. The van der Waals surface area contributed by atoms with E-state index in [9.17, 15) is 23.1 Å². The second-order valence-corrected chi connectivity index (χ2v) is 8.33. The van der Waals surface area contributed by atoms with Crippen LogP contribution < -0.4 is 4.74 Å². The summed E-state index contributed by atoms with van der Waals surface area (Å²) in [6, 6.07) is 6.33. The van der Waals surface area contributed by atoms with Gasteiger partial charge in [-0.25, -0.2) is 0 Å². The molecule has 2 aliphatic heterocycles. The Kier molecular flexibility index (Phi) is 4.73. The first-order valence-electron chi connectivity index (χ1n) is 9.73. The van der Waals surface area contributed by atoms with E-state index in [1.54, 1.807) is 24.8 Å². The van der Waals surface area contributed by atoms with Crippen LogP contribution in [0.15, 0.2) is 30.3 Å². The number of nitrogens with zero attached hydrogens (tertiary/aromatic N) is 2. The van der Waals surface area contributed by atoms with Crippen LogP contribution >= 0.6 is 0 Å². The van der Waals surface area contributed by atoms with Crippen LogP contribution in [-0.4, -0.2) is 54.0 Å². The molecule has 160 valence electrons. The van der Waals surface area contributed by atoms with Crippen molar-refractivity contribution in [3.8, 4) is 22.6 Å². The zero-order valence-electron chi connectivity index (χ0n) is 17.0. The number of ether oxygens (including phenoxy) is 1. The van der Waals surface area contributed by atoms with Crippen LogP contribution in [0.3, 0.4) is 0 Å². The van der Waals surface area contributed by atoms with Crippen LogP contribution in [0.1, 0.15) is 35.3 Å². The van der Waals surface area contributed by atoms with E-state index in [4.69, 9.17) is 4.74 Å². The largest absolute Gasteiger partial charge is 0.507 e. The fourth-order valence-electron chi connectivity index (χ4n) is 4.03. The van der Waals surface area contributed by atoms with E-state index < -0.39 is 17.3 Å². The van der Waals surface area contributed by atoms with Gasteiger partial charge in [-0.1, -0.05) is 6.07 Å². The number of aromatic hydroxyl groups is 1. The number of carbonyl (C=O) groups is 1. The molecular formula is C22H23F3N2O3. The minimum atomic E-state index is -4.48. The zero-order valence-corrected chi connectivity index (χ0v) is 17.0. The van der Waals surface area contributed by atoms with Gasteiger partial charge in [0, 0.05) is 37.3 Å². The Morgan fingerprint density at radius 2 is 1.77 bits per heavy atom. The van der Waals surface area contributed by atoms with Crippen molar-refractivity contribution in [3.05, 3.63) is 47.0 Å². The molecule has 0 spiro atoms. The number of hydrogen-bond donors (Lipinski definition) is 1. The Labute approximate surface area is 172 Å². The van der Waals surface area contributed by atoms with Crippen LogP contribution in [0, 0.1) is 0 Å². The van der Waals surface area contributed by atoms with Gasteiger partial charge in [-0.3, -0.25) is 4.79 Å². The number of piperazine rings is 1. The van der Waals surface area contributed by atoms with Gasteiger partial charge in [-0.2, -0.15) is 13.2 Å². The Morgan fingerprint density at radius 1 is 1.10 bits per heavy atom. The molecule has 4 rings (SSSR count). The molecule has 5 nitrogen and oxygen atoms in total. The lowest BCUT2D eigenvalue weighted by Crippen LogP contribution is -2.47. The van der Waals surface area contributed by atoms with Crippen molar-refractivity contribution >= 4 is 5.91 Å². The average Bonchev–Trinajstić information content (AvgIpc) is 2.66. The number of phenols is 1. The first kappa shape index (κ1) is 20.5. The highest BCUT2D eigenvalue weighted by molar-refractivity contribution is 5.97. The summed E-state index contributed by atoms with van der Waals surface area (Å²) in [5.41, 5.74) is -0.452. The van der Waals surface area contributed by atoms with Crippen molar-refractivity contribution in [1.29, 1.82) is 0 Å². The third kappa shape index (κ3) is 3.49. The van der Waals surface area contributed by atoms with Gasteiger partial charge < -0.3 is 19.6 Å². The average molecular weight is 420 g/mol. The van der Waals surface area contributed by atoms with Crippen molar-refractivity contribution in [1.82, 2.24) is 9.80 Å². The van der Waals surface area contributed by atoms with Gasteiger partial charge in [0.1, 0.15) is 17.1 Å². The Hall–Kier alpha value is -2.74. The van der Waals surface area contributed by atoms with Gasteiger partial charge in [0.15, 0.2) is 0 Å². The number of benzene rings is 2. The van der Waals surface area contributed by atoms with E-state index in [0.29, 0.717) is 35.3 Å². The molecule has 2 aromatic rings. The number of hydrogen-bond acceptors (Lipinski definition) is 4. The molecule has 0 aromatic heterocycles. The monoisotopic (exact) mass is 420 g/mol. The highest BCUT2D eigenvalue weighted by atomic mass is 19.4. The number of fused-ring (bicyclic) bond motifs is 3. The summed E-state index contributed by atoms with van der Waals surface area (Å²) in [5.74, 6) is -0.118. The maximum absolute atomic E-state index is 13.2. The minimum Gasteiger partial charge on any atom is -0.507 e. The predicted octanol–water partition coefficient (Wildman–Crippen LogP) is 4.09. The molecule has 2 aromatic carbocycles. The van der Waals surface area contributed by atoms with Crippen molar-refractivity contribution in [3.63, 3.8) is 0 Å². The SMILES string of the molecule is CN1CCN(C(=O)c2cc(O)c3c(c2)OC(C)(C)c2cc(C(F)(F)F)ccc2-3)CC1. The van der Waals surface area contributed by atoms with E-state index in [1.165, 1.54) is 12.1 Å². The molecule has 0 bridgehead atoms. The molecule has 0 unspecified atom stereocenters. The number of likely N-dealkylation sites (N-methyl/N-ethyl adjacent to an activating group) is 1. The van der Waals surface area contributed by atoms with Crippen molar-refractivity contribution in [2.24, 2.45) is 0 Å². The van der Waals surface area contributed by atoms with Crippen LogP contribution in [0.25, 0.3) is 11.1 Å². The number of phenolic OH excluding ortho intramolecular Hbond substituents is 1. The van der Waals surface area contributed by atoms with E-state index in [-0.39, 0.29) is 17.4 Å². The maximum atomic E-state index is 13.2. The van der Waals surface area contributed by atoms with Gasteiger partial charge in [0.25, 0.3) is 5.91 Å². The minimum absolute atomic E-state index is 0.193. The molecule has 8 heteroatoms. The quantitative estimate of drug-likeness (QED) is 0.755. The van der Waals surface area contributed by atoms with Gasteiger partial charge in [0.2, 0.25) is 0 Å². The summed E-state index contributed by atoms with van der Waals surface area (Å²) in [6.45, 7) is 6.04. The molecule has 0 aliphatic carbocycles. The fourth-order valence-corrected chi connectivity index (χ4v) is 4.03. The molecule has 0 radical (unpaired) electrons. The Bertz CT molecular complexity index is 1010. The van der Waals surface area contributed by atoms with E-state index in [0.717, 1.165) is 25.2 Å². The highest BCUT2D eigenvalue weighted by Gasteiger charge is 2.38. The lowest BCUT2D eigenvalue weighted by molar-refractivity contribution is -0.137. The summed E-state index contributed by atoms with van der Waals surface area (Å²) in [7, 11) is 1.99. The molecule has 1 fully saturated rings. The fraction of sp³-hybridized carbons (Fsp3) is 0.409. The number of amides is 1. The number of halogens is 3. The second-order valence-electron chi connectivity index (χ2n) is 8.33. The van der Waals surface area contributed by atoms with Crippen molar-refractivity contribution in [2.75, 3.05) is 33.2 Å². The van der Waals surface area contributed by atoms with E-state index in [1.807, 2.05) is 7.05 Å². The van der Waals surface area contributed by atoms with Gasteiger partial charge in [-0.05, 0) is 50.7 Å². The lowest BCUT2D eigenvalue weighted by Gasteiger charge is -2.36. The van der Waals surface area contributed by atoms with Crippen molar-refractivity contribution < 1.29 is 27.8 Å². The highest BCUT2D eigenvalue weighted by Crippen LogP contribution is 2.50. The van der Waals surface area contributed by atoms with E-state index in [2.05, 4.69) is 4.90 Å². The smallest absolute Gasteiger partial charge is 0.416 e. The van der Waals surface area contributed by atoms with Crippen LogP contribution in [-0.2, 0) is 11.8 Å². The summed E-state index contributed by atoms with van der Waals surface area (Å²) < 4.78 is 45.6. The number of carbonyl (C=O) groups excluding carboxylic acids is 1. The molecule has 1 N–H and O–H groups in total. The molecule has 2 aliphatic rings. The summed E-state index contributed by atoms with van der Waals surface area (Å²) in [5, 5.41) is 10.7. The number of alkyl halides is 3. The van der Waals surface area contributed by atoms with E-state index >= 15 is 0 Å². The molecule has 30 heavy (non-hydrogen) atoms. The number of rotatable bonds is 1. The third-order valence-corrected chi connectivity index (χ3v) is 5.75. The molecular weight excluding hydrogens is 397 g/mol. The second kappa shape index (κ2) is 6.91. The summed E-state index contributed by atoms with van der Waals surface area (Å²) >= 11 is 0. The molecule has 2 heterocycles. The van der Waals surface area contributed by atoms with Crippen LogP contribution in [0.2, 0.25) is 0 Å². The Morgan fingerprint density at radius 3 is 2.40 bits per heavy atom. The normalized spacial score (nSPS) is 18.4. The molecule has 0 atom stereocenters. The summed E-state index contributed by atoms with van der Waals surface area (Å²) in [6.07, 6.45) is -4.48.